The molecule has 1 atom stereocenters. The van der Waals surface area contributed by atoms with E-state index in [2.05, 4.69) is 22.3 Å². The average Bonchev–Trinajstić information content (AvgIpc) is 3.12. The third-order valence-corrected chi connectivity index (χ3v) is 3.57. The lowest BCUT2D eigenvalue weighted by Crippen LogP contribution is -2.04. The second-order valence-electron chi connectivity index (χ2n) is 5.19. The largest absolute Gasteiger partial charge is 0.381 e. The minimum Gasteiger partial charge on any atom is -0.381 e. The molecule has 20 heavy (non-hydrogen) atoms. The zero-order chi connectivity index (χ0) is 13.8. The van der Waals surface area contributed by atoms with E-state index in [1.165, 1.54) is 5.56 Å². The number of benzene rings is 1. The van der Waals surface area contributed by atoms with Crippen LogP contribution in [0.3, 0.4) is 0 Å². The Balaban J connectivity index is 1.73. The standard InChI is InChI=1S/C15H19N3O2/c16-6-4-11-2-1-3-13(8-11)15-17-14(18-20-15)9-12-5-7-19-10-12/h1-3,8,12H,4-7,9-10,16H2. The molecular formula is C15H19N3O2. The van der Waals surface area contributed by atoms with Crippen LogP contribution in [0, 0.1) is 5.92 Å². The molecule has 3 rings (SSSR count). The van der Waals surface area contributed by atoms with Gasteiger partial charge in [-0.1, -0.05) is 17.3 Å². The van der Waals surface area contributed by atoms with Crippen molar-refractivity contribution in [2.24, 2.45) is 11.7 Å². The maximum atomic E-state index is 5.58. The van der Waals surface area contributed by atoms with E-state index < -0.39 is 0 Å². The molecule has 0 bridgehead atoms. The molecule has 5 heteroatoms. The van der Waals surface area contributed by atoms with Gasteiger partial charge in [0.15, 0.2) is 5.82 Å². The van der Waals surface area contributed by atoms with Crippen molar-refractivity contribution in [1.29, 1.82) is 0 Å². The van der Waals surface area contributed by atoms with Crippen molar-refractivity contribution in [2.75, 3.05) is 19.8 Å². The lowest BCUT2D eigenvalue weighted by Gasteiger charge is -2.01. The van der Waals surface area contributed by atoms with E-state index in [0.29, 0.717) is 18.4 Å². The van der Waals surface area contributed by atoms with Gasteiger partial charge in [-0.2, -0.15) is 4.98 Å². The minimum absolute atomic E-state index is 0.518. The van der Waals surface area contributed by atoms with Crippen LogP contribution in [0.1, 0.15) is 17.8 Å². The maximum Gasteiger partial charge on any atom is 0.257 e. The van der Waals surface area contributed by atoms with Crippen LogP contribution in [0.15, 0.2) is 28.8 Å². The predicted octanol–water partition coefficient (Wildman–Crippen LogP) is 1.82. The fraction of sp³-hybridized carbons (Fsp3) is 0.467. The van der Waals surface area contributed by atoms with Crippen LogP contribution in [0.2, 0.25) is 0 Å². The zero-order valence-electron chi connectivity index (χ0n) is 11.4. The number of aromatic nitrogens is 2. The molecule has 1 saturated heterocycles. The zero-order valence-corrected chi connectivity index (χ0v) is 11.4. The summed E-state index contributed by atoms with van der Waals surface area (Å²) in [6.45, 7) is 2.28. The van der Waals surface area contributed by atoms with Gasteiger partial charge in [-0.25, -0.2) is 0 Å². The van der Waals surface area contributed by atoms with Gasteiger partial charge in [0.25, 0.3) is 5.89 Å². The van der Waals surface area contributed by atoms with Gasteiger partial charge in [-0.3, -0.25) is 0 Å². The third-order valence-electron chi connectivity index (χ3n) is 3.57. The first-order chi connectivity index (χ1) is 9.85. The molecule has 2 heterocycles. The molecule has 1 aromatic heterocycles. The molecule has 1 unspecified atom stereocenters. The molecule has 0 amide bonds. The Morgan fingerprint density at radius 1 is 1.35 bits per heavy atom. The van der Waals surface area contributed by atoms with Crippen LogP contribution in [-0.2, 0) is 17.6 Å². The van der Waals surface area contributed by atoms with E-state index in [9.17, 15) is 0 Å². The van der Waals surface area contributed by atoms with Crippen molar-refractivity contribution < 1.29 is 9.26 Å². The van der Waals surface area contributed by atoms with E-state index in [-0.39, 0.29) is 0 Å². The molecule has 0 saturated carbocycles. The third kappa shape index (κ3) is 3.05. The van der Waals surface area contributed by atoms with Gasteiger partial charge in [0.2, 0.25) is 0 Å². The Labute approximate surface area is 118 Å². The highest BCUT2D eigenvalue weighted by Crippen LogP contribution is 2.21. The smallest absolute Gasteiger partial charge is 0.257 e. The minimum atomic E-state index is 0.518. The molecule has 2 N–H and O–H groups in total. The van der Waals surface area contributed by atoms with Gasteiger partial charge in [-0.05, 0) is 43.0 Å². The summed E-state index contributed by atoms with van der Waals surface area (Å²) in [7, 11) is 0. The summed E-state index contributed by atoms with van der Waals surface area (Å²) < 4.78 is 10.7. The monoisotopic (exact) mass is 273 g/mol. The Morgan fingerprint density at radius 3 is 3.10 bits per heavy atom. The molecular weight excluding hydrogens is 254 g/mol. The van der Waals surface area contributed by atoms with E-state index in [4.69, 9.17) is 15.0 Å². The van der Waals surface area contributed by atoms with Crippen LogP contribution in [0.4, 0.5) is 0 Å². The van der Waals surface area contributed by atoms with E-state index in [1.54, 1.807) is 0 Å². The molecule has 1 aromatic carbocycles. The highest BCUT2D eigenvalue weighted by Gasteiger charge is 2.19. The molecule has 0 aliphatic carbocycles. The summed E-state index contributed by atoms with van der Waals surface area (Å²) in [5.41, 5.74) is 7.73. The quantitative estimate of drug-likeness (QED) is 0.899. The number of hydrogen-bond donors (Lipinski definition) is 1. The van der Waals surface area contributed by atoms with E-state index in [0.717, 1.165) is 43.9 Å². The highest BCUT2D eigenvalue weighted by molar-refractivity contribution is 5.54. The van der Waals surface area contributed by atoms with Gasteiger partial charge in [0, 0.05) is 25.2 Å². The molecule has 1 aliphatic rings. The lowest BCUT2D eigenvalue weighted by atomic mass is 10.1. The van der Waals surface area contributed by atoms with Crippen LogP contribution in [0.5, 0.6) is 0 Å². The molecule has 1 fully saturated rings. The Kier molecular flexibility index (Phi) is 4.08. The van der Waals surface area contributed by atoms with Crippen molar-refractivity contribution in [1.82, 2.24) is 10.1 Å². The number of nitrogens with zero attached hydrogens (tertiary/aromatic N) is 2. The Hall–Kier alpha value is -1.72. The van der Waals surface area contributed by atoms with Gasteiger partial charge < -0.3 is 15.0 Å². The second kappa shape index (κ2) is 6.15. The maximum absolute atomic E-state index is 5.58. The number of hydrogen-bond acceptors (Lipinski definition) is 5. The number of ether oxygens (including phenoxy) is 1. The Morgan fingerprint density at radius 2 is 2.30 bits per heavy atom. The molecule has 0 radical (unpaired) electrons. The molecule has 106 valence electrons. The SMILES string of the molecule is NCCc1cccc(-c2nc(CC3CCOC3)no2)c1. The summed E-state index contributed by atoms with van der Waals surface area (Å²) in [6, 6.07) is 8.09. The first-order valence-electron chi connectivity index (χ1n) is 7.05. The van der Waals surface area contributed by atoms with Crippen LogP contribution < -0.4 is 5.73 Å². The van der Waals surface area contributed by atoms with Crippen LogP contribution in [0.25, 0.3) is 11.5 Å². The van der Waals surface area contributed by atoms with Crippen molar-refractivity contribution in [3.05, 3.63) is 35.7 Å². The van der Waals surface area contributed by atoms with Gasteiger partial charge in [-0.15, -0.1) is 0 Å². The lowest BCUT2D eigenvalue weighted by molar-refractivity contribution is 0.185. The molecule has 2 aromatic rings. The average molecular weight is 273 g/mol. The first-order valence-corrected chi connectivity index (χ1v) is 7.05. The van der Waals surface area contributed by atoms with Gasteiger partial charge >= 0.3 is 0 Å². The van der Waals surface area contributed by atoms with Gasteiger partial charge in [0.1, 0.15) is 0 Å². The van der Waals surface area contributed by atoms with E-state index >= 15 is 0 Å². The van der Waals surface area contributed by atoms with Crippen LogP contribution >= 0.6 is 0 Å². The number of nitrogens with two attached hydrogens (primary N) is 1. The first kappa shape index (κ1) is 13.3. The fourth-order valence-corrected chi connectivity index (χ4v) is 2.48. The van der Waals surface area contributed by atoms with Gasteiger partial charge in [0.05, 0.1) is 0 Å². The summed E-state index contributed by atoms with van der Waals surface area (Å²) in [6.07, 6.45) is 2.76. The summed E-state index contributed by atoms with van der Waals surface area (Å²) in [5.74, 6) is 1.86. The molecule has 0 spiro atoms. The van der Waals surface area contributed by atoms with Crippen molar-refractivity contribution in [3.8, 4) is 11.5 Å². The van der Waals surface area contributed by atoms with Crippen molar-refractivity contribution in [2.45, 2.75) is 19.3 Å². The van der Waals surface area contributed by atoms with Crippen LogP contribution in [-0.4, -0.2) is 29.9 Å². The van der Waals surface area contributed by atoms with E-state index in [1.807, 2.05) is 12.1 Å². The summed E-state index contributed by atoms with van der Waals surface area (Å²) in [5, 5.41) is 4.07. The van der Waals surface area contributed by atoms with Crippen molar-refractivity contribution >= 4 is 0 Å². The summed E-state index contributed by atoms with van der Waals surface area (Å²) >= 11 is 0. The topological polar surface area (TPSA) is 74.2 Å². The molecule has 5 nitrogen and oxygen atoms in total. The fourth-order valence-electron chi connectivity index (χ4n) is 2.48. The second-order valence-corrected chi connectivity index (χ2v) is 5.19. The van der Waals surface area contributed by atoms with Crippen molar-refractivity contribution in [3.63, 3.8) is 0 Å². The Bertz CT molecular complexity index is 562. The highest BCUT2D eigenvalue weighted by atomic mass is 16.5. The summed E-state index contributed by atoms with van der Waals surface area (Å²) in [4.78, 5) is 4.48. The number of rotatable bonds is 5. The molecule has 1 aliphatic heterocycles. The predicted molar refractivity (Wildman–Crippen MR) is 75.1 cm³/mol. The normalized spacial score (nSPS) is 18.6.